The summed E-state index contributed by atoms with van der Waals surface area (Å²) in [5, 5.41) is 2.12. The summed E-state index contributed by atoms with van der Waals surface area (Å²) in [6.45, 7) is -1.19. The van der Waals surface area contributed by atoms with Crippen LogP contribution in [0.15, 0.2) is 16.7 Å². The molecule has 16 heavy (non-hydrogen) atoms. The van der Waals surface area contributed by atoms with Crippen molar-refractivity contribution in [3.63, 3.8) is 0 Å². The Morgan fingerprint density at radius 3 is 2.62 bits per heavy atom. The van der Waals surface area contributed by atoms with E-state index in [1.165, 1.54) is 12.3 Å². The molecule has 3 nitrogen and oxygen atoms in total. The molecule has 1 aromatic rings. The predicted molar refractivity (Wildman–Crippen MR) is 55.8 cm³/mol. The Hall–Kier alpha value is -1.05. The van der Waals surface area contributed by atoms with Crippen LogP contribution in [0.3, 0.4) is 0 Å². The van der Waals surface area contributed by atoms with Gasteiger partial charge in [0.2, 0.25) is 0 Å². The van der Waals surface area contributed by atoms with Crippen molar-refractivity contribution in [2.45, 2.75) is 12.3 Å². The molecule has 3 N–H and O–H groups in total. The van der Waals surface area contributed by atoms with Crippen molar-refractivity contribution < 1.29 is 17.6 Å². The van der Waals surface area contributed by atoms with Crippen LogP contribution in [0.1, 0.15) is 0 Å². The number of anilines is 2. The first-order chi connectivity index (χ1) is 7.33. The van der Waals surface area contributed by atoms with Gasteiger partial charge in [-0.3, -0.25) is 0 Å². The van der Waals surface area contributed by atoms with Gasteiger partial charge in [-0.25, -0.2) is 13.8 Å². The minimum absolute atomic E-state index is 0.0366. The van der Waals surface area contributed by atoms with E-state index in [4.69, 9.17) is 5.73 Å². The lowest BCUT2D eigenvalue weighted by atomic mass is 10.3. The number of nitrogens with zero attached hydrogens (tertiary/aromatic N) is 1. The zero-order valence-corrected chi connectivity index (χ0v) is 9.44. The molecule has 0 saturated heterocycles. The molecule has 0 radical (unpaired) electrons. The minimum Gasteiger partial charge on any atom is -0.397 e. The summed E-state index contributed by atoms with van der Waals surface area (Å²) in [7, 11) is 0. The average molecular weight is 302 g/mol. The maximum atomic E-state index is 12.6. The number of hydrogen-bond donors (Lipinski definition) is 2. The van der Waals surface area contributed by atoms with Gasteiger partial charge < -0.3 is 11.1 Å². The first-order valence-corrected chi connectivity index (χ1v) is 4.93. The third-order valence-electron chi connectivity index (χ3n) is 1.67. The van der Waals surface area contributed by atoms with E-state index in [2.05, 4.69) is 26.2 Å². The summed E-state index contributed by atoms with van der Waals surface area (Å²) >= 11 is 3.01. The molecule has 0 aliphatic carbocycles. The van der Waals surface area contributed by atoms with E-state index in [9.17, 15) is 17.6 Å². The summed E-state index contributed by atoms with van der Waals surface area (Å²) < 4.78 is 49.1. The number of pyridine rings is 1. The van der Waals surface area contributed by atoms with Crippen LogP contribution in [-0.2, 0) is 0 Å². The van der Waals surface area contributed by atoms with Crippen LogP contribution in [-0.4, -0.2) is 23.9 Å². The molecule has 90 valence electrons. The van der Waals surface area contributed by atoms with E-state index in [1.807, 2.05) is 0 Å². The Kier molecular flexibility index (Phi) is 3.95. The molecule has 8 heteroatoms. The maximum absolute atomic E-state index is 12.6. The Balaban J connectivity index is 2.68. The van der Waals surface area contributed by atoms with E-state index in [-0.39, 0.29) is 5.82 Å². The fourth-order valence-corrected chi connectivity index (χ4v) is 1.37. The van der Waals surface area contributed by atoms with Gasteiger partial charge in [-0.15, -0.1) is 0 Å². The second-order valence-electron chi connectivity index (χ2n) is 3.01. The van der Waals surface area contributed by atoms with Gasteiger partial charge in [0.25, 0.3) is 0 Å². The Morgan fingerprint density at radius 1 is 1.50 bits per heavy atom. The van der Waals surface area contributed by atoms with E-state index < -0.39 is 18.9 Å². The minimum atomic E-state index is -4.09. The number of aromatic nitrogens is 1. The van der Waals surface area contributed by atoms with Crippen LogP contribution in [0.4, 0.5) is 29.1 Å². The second-order valence-corrected chi connectivity index (χ2v) is 3.87. The van der Waals surface area contributed by atoms with Crippen LogP contribution in [0.25, 0.3) is 0 Å². The molecule has 0 spiro atoms. The highest BCUT2D eigenvalue weighted by molar-refractivity contribution is 9.10. The first kappa shape index (κ1) is 13.0. The number of hydrogen-bond acceptors (Lipinski definition) is 3. The zero-order valence-electron chi connectivity index (χ0n) is 7.85. The molecule has 0 aromatic carbocycles. The second kappa shape index (κ2) is 4.86. The quantitative estimate of drug-likeness (QED) is 0.841. The van der Waals surface area contributed by atoms with Crippen LogP contribution in [0, 0.1) is 0 Å². The molecule has 0 fully saturated rings. The highest BCUT2D eigenvalue weighted by Crippen LogP contribution is 2.26. The zero-order chi connectivity index (χ0) is 12.3. The predicted octanol–water partition coefficient (Wildman–Crippen LogP) is 2.74. The lowest BCUT2D eigenvalue weighted by molar-refractivity contribution is -0.117. The molecule has 1 aromatic heterocycles. The lowest BCUT2D eigenvalue weighted by Crippen LogP contribution is -2.35. The van der Waals surface area contributed by atoms with Crippen LogP contribution in [0.2, 0.25) is 0 Å². The molecule has 0 saturated carbocycles. The standard InChI is InChI=1S/C8H8BrF4N3/c9-5-1-4(14)2-15-6(5)16-3-8(12,13)7(10)11/h1-2,7H,3,14H2,(H,15,16). The molecule has 0 unspecified atom stereocenters. The Labute approximate surface area is 97.2 Å². The van der Waals surface area contributed by atoms with Gasteiger partial charge >= 0.3 is 12.3 Å². The van der Waals surface area contributed by atoms with Gasteiger partial charge in [0, 0.05) is 0 Å². The molecule has 0 aliphatic rings. The molecular formula is C8H8BrF4N3. The van der Waals surface area contributed by atoms with Crippen LogP contribution < -0.4 is 11.1 Å². The van der Waals surface area contributed by atoms with Crippen molar-refractivity contribution in [3.05, 3.63) is 16.7 Å². The van der Waals surface area contributed by atoms with Crippen LogP contribution >= 0.6 is 15.9 Å². The number of nitrogen functional groups attached to an aromatic ring is 1. The molecule has 0 bridgehead atoms. The van der Waals surface area contributed by atoms with Crippen molar-refractivity contribution >= 4 is 27.4 Å². The third-order valence-corrected chi connectivity index (χ3v) is 2.28. The van der Waals surface area contributed by atoms with Crippen LogP contribution in [0.5, 0.6) is 0 Å². The molecular weight excluding hydrogens is 294 g/mol. The van der Waals surface area contributed by atoms with E-state index >= 15 is 0 Å². The fourth-order valence-electron chi connectivity index (χ4n) is 0.862. The van der Waals surface area contributed by atoms with Gasteiger partial charge in [0.05, 0.1) is 22.9 Å². The largest absolute Gasteiger partial charge is 0.397 e. The van der Waals surface area contributed by atoms with Crippen molar-refractivity contribution in [1.82, 2.24) is 4.98 Å². The summed E-state index contributed by atoms with van der Waals surface area (Å²) in [6, 6.07) is 1.43. The molecule has 1 heterocycles. The van der Waals surface area contributed by atoms with Gasteiger partial charge in [-0.2, -0.15) is 8.78 Å². The normalized spacial score (nSPS) is 11.9. The average Bonchev–Trinajstić information content (AvgIpc) is 2.16. The molecule has 0 atom stereocenters. The van der Waals surface area contributed by atoms with Crippen molar-refractivity contribution in [2.75, 3.05) is 17.6 Å². The SMILES string of the molecule is Nc1cnc(NCC(F)(F)C(F)F)c(Br)c1. The van der Waals surface area contributed by atoms with Gasteiger partial charge in [-0.05, 0) is 22.0 Å². The number of rotatable bonds is 4. The summed E-state index contributed by atoms with van der Waals surface area (Å²) in [6.07, 6.45) is -2.49. The maximum Gasteiger partial charge on any atom is 0.324 e. The van der Waals surface area contributed by atoms with Crippen molar-refractivity contribution in [3.8, 4) is 0 Å². The topological polar surface area (TPSA) is 50.9 Å². The molecule has 1 rings (SSSR count). The van der Waals surface area contributed by atoms with Crippen molar-refractivity contribution in [2.24, 2.45) is 0 Å². The number of nitrogens with two attached hydrogens (primary N) is 1. The Bertz CT molecular complexity index is 372. The molecule has 0 amide bonds. The van der Waals surface area contributed by atoms with Crippen molar-refractivity contribution in [1.29, 1.82) is 0 Å². The van der Waals surface area contributed by atoms with E-state index in [0.717, 1.165) is 0 Å². The third kappa shape index (κ3) is 3.22. The first-order valence-electron chi connectivity index (χ1n) is 4.14. The van der Waals surface area contributed by atoms with E-state index in [1.54, 1.807) is 0 Å². The summed E-state index contributed by atoms with van der Waals surface area (Å²) in [5.74, 6) is -4.06. The lowest BCUT2D eigenvalue weighted by Gasteiger charge is -2.16. The highest BCUT2D eigenvalue weighted by Gasteiger charge is 2.40. The summed E-state index contributed by atoms with van der Waals surface area (Å²) in [4.78, 5) is 3.68. The van der Waals surface area contributed by atoms with Gasteiger partial charge in [0.1, 0.15) is 5.82 Å². The number of nitrogens with one attached hydrogen (secondary N) is 1. The van der Waals surface area contributed by atoms with Gasteiger partial charge in [0.15, 0.2) is 0 Å². The fraction of sp³-hybridized carbons (Fsp3) is 0.375. The highest BCUT2D eigenvalue weighted by atomic mass is 79.9. The number of halogens is 5. The molecule has 0 aliphatic heterocycles. The number of alkyl halides is 4. The smallest absolute Gasteiger partial charge is 0.324 e. The van der Waals surface area contributed by atoms with E-state index in [0.29, 0.717) is 10.2 Å². The van der Waals surface area contributed by atoms with Gasteiger partial charge in [-0.1, -0.05) is 0 Å². The summed E-state index contributed by atoms with van der Waals surface area (Å²) in [5.41, 5.74) is 5.70. The monoisotopic (exact) mass is 301 g/mol. The Morgan fingerprint density at radius 2 is 2.12 bits per heavy atom.